The SMILES string of the molecule is O=C(COc1ccc(Cl)c(Cl)c1)NC12CCC(NC(=O)c3cc(C4CC4)no3)(CC1)C[C@@H]2O. The number of aromatic nitrogens is 1. The Kier molecular flexibility index (Phi) is 5.79. The molecule has 8 nitrogen and oxygen atoms in total. The third-order valence-corrected chi connectivity index (χ3v) is 7.84. The summed E-state index contributed by atoms with van der Waals surface area (Å²) in [5.74, 6) is 0.409. The Morgan fingerprint density at radius 2 is 1.88 bits per heavy atom. The maximum absolute atomic E-state index is 12.7. The molecule has 0 spiro atoms. The summed E-state index contributed by atoms with van der Waals surface area (Å²) in [4.78, 5) is 25.3. The number of benzene rings is 1. The molecule has 2 bridgehead atoms. The van der Waals surface area contributed by atoms with Crippen molar-refractivity contribution < 1.29 is 24.0 Å². The van der Waals surface area contributed by atoms with E-state index in [0.29, 0.717) is 53.8 Å². The molecule has 176 valence electrons. The fourth-order valence-electron chi connectivity index (χ4n) is 4.96. The number of carbonyl (C=O) groups excluding carboxylic acids is 2. The van der Waals surface area contributed by atoms with Crippen LogP contribution in [0.25, 0.3) is 0 Å². The highest BCUT2D eigenvalue weighted by molar-refractivity contribution is 6.42. The van der Waals surface area contributed by atoms with Gasteiger partial charge < -0.3 is 25.0 Å². The van der Waals surface area contributed by atoms with Crippen molar-refractivity contribution in [3.8, 4) is 5.75 Å². The zero-order valence-corrected chi connectivity index (χ0v) is 19.4. The lowest BCUT2D eigenvalue weighted by molar-refractivity contribution is -0.132. The molecule has 3 N–H and O–H groups in total. The lowest BCUT2D eigenvalue weighted by Crippen LogP contribution is -2.70. The van der Waals surface area contributed by atoms with E-state index in [1.165, 1.54) is 0 Å². The summed E-state index contributed by atoms with van der Waals surface area (Å²) in [7, 11) is 0. The number of hydrogen-bond donors (Lipinski definition) is 3. The zero-order chi connectivity index (χ0) is 23.2. The number of halogens is 2. The van der Waals surface area contributed by atoms with Gasteiger partial charge in [-0.3, -0.25) is 9.59 Å². The number of hydrogen-bond acceptors (Lipinski definition) is 6. The van der Waals surface area contributed by atoms with E-state index >= 15 is 0 Å². The molecule has 1 aromatic heterocycles. The Labute approximate surface area is 200 Å². The van der Waals surface area contributed by atoms with Gasteiger partial charge in [0, 0.05) is 23.6 Å². The largest absolute Gasteiger partial charge is 0.484 e. The molecule has 0 saturated heterocycles. The van der Waals surface area contributed by atoms with E-state index in [4.69, 9.17) is 32.5 Å². The van der Waals surface area contributed by atoms with Crippen LogP contribution in [0.4, 0.5) is 0 Å². The average molecular weight is 494 g/mol. The van der Waals surface area contributed by atoms with Crippen LogP contribution >= 0.6 is 23.2 Å². The molecule has 0 radical (unpaired) electrons. The van der Waals surface area contributed by atoms with E-state index in [1.54, 1.807) is 24.3 Å². The molecule has 1 atom stereocenters. The van der Waals surface area contributed by atoms with Crippen LogP contribution in [0, 0.1) is 0 Å². The Morgan fingerprint density at radius 3 is 2.55 bits per heavy atom. The Bertz CT molecular complexity index is 1080. The van der Waals surface area contributed by atoms with Gasteiger partial charge in [-0.1, -0.05) is 28.4 Å². The summed E-state index contributed by atoms with van der Waals surface area (Å²) in [6.07, 6.45) is 4.13. The van der Waals surface area contributed by atoms with Gasteiger partial charge in [0.2, 0.25) is 5.76 Å². The Balaban J connectivity index is 1.17. The van der Waals surface area contributed by atoms with Crippen molar-refractivity contribution in [3.05, 3.63) is 45.8 Å². The molecule has 0 aliphatic heterocycles. The van der Waals surface area contributed by atoms with Gasteiger partial charge in [-0.2, -0.15) is 0 Å². The van der Waals surface area contributed by atoms with Crippen molar-refractivity contribution in [2.45, 2.75) is 68.0 Å². The van der Waals surface area contributed by atoms with E-state index in [-0.39, 0.29) is 24.2 Å². The van der Waals surface area contributed by atoms with Crippen LogP contribution in [0.15, 0.2) is 28.8 Å². The zero-order valence-electron chi connectivity index (χ0n) is 17.9. The van der Waals surface area contributed by atoms with Crippen LogP contribution in [0.3, 0.4) is 0 Å². The number of carbonyl (C=O) groups is 2. The number of nitrogens with one attached hydrogen (secondary N) is 2. The fourth-order valence-corrected chi connectivity index (χ4v) is 5.25. The fraction of sp³-hybridized carbons (Fsp3) is 0.522. The highest BCUT2D eigenvalue weighted by Crippen LogP contribution is 2.47. The number of ether oxygens (including phenoxy) is 1. The summed E-state index contributed by atoms with van der Waals surface area (Å²) in [6.45, 7) is -0.205. The van der Waals surface area contributed by atoms with E-state index in [2.05, 4.69) is 15.8 Å². The first-order valence-electron chi connectivity index (χ1n) is 11.1. The van der Waals surface area contributed by atoms with Crippen LogP contribution in [0.5, 0.6) is 5.75 Å². The third-order valence-electron chi connectivity index (χ3n) is 7.10. The molecule has 0 unspecified atom stereocenters. The summed E-state index contributed by atoms with van der Waals surface area (Å²) in [5, 5.41) is 21.7. The maximum Gasteiger partial charge on any atom is 0.290 e. The molecule has 10 heteroatoms. The minimum atomic E-state index is -0.786. The molecule has 2 amide bonds. The van der Waals surface area contributed by atoms with Gasteiger partial charge in [-0.25, -0.2) is 0 Å². The molecule has 2 aromatic rings. The quantitative estimate of drug-likeness (QED) is 0.542. The highest BCUT2D eigenvalue weighted by atomic mass is 35.5. The van der Waals surface area contributed by atoms with Crippen molar-refractivity contribution in [2.24, 2.45) is 0 Å². The second-order valence-electron chi connectivity index (χ2n) is 9.41. The first-order chi connectivity index (χ1) is 15.8. The van der Waals surface area contributed by atoms with Crippen LogP contribution in [0.2, 0.25) is 10.0 Å². The lowest BCUT2D eigenvalue weighted by Gasteiger charge is -2.56. The summed E-state index contributed by atoms with van der Waals surface area (Å²) in [5.41, 5.74) is -0.419. The van der Waals surface area contributed by atoms with Crippen molar-refractivity contribution in [3.63, 3.8) is 0 Å². The van der Waals surface area contributed by atoms with Crippen molar-refractivity contribution in [2.75, 3.05) is 6.61 Å². The van der Waals surface area contributed by atoms with Gasteiger partial charge in [0.05, 0.1) is 27.4 Å². The van der Waals surface area contributed by atoms with Gasteiger partial charge in [0.25, 0.3) is 11.8 Å². The monoisotopic (exact) mass is 493 g/mol. The van der Waals surface area contributed by atoms with Gasteiger partial charge in [0.15, 0.2) is 6.61 Å². The van der Waals surface area contributed by atoms with Gasteiger partial charge in [-0.05, 0) is 57.1 Å². The highest BCUT2D eigenvalue weighted by Gasteiger charge is 2.55. The van der Waals surface area contributed by atoms with Crippen LogP contribution < -0.4 is 15.4 Å². The van der Waals surface area contributed by atoms with Gasteiger partial charge in [-0.15, -0.1) is 0 Å². The number of fused-ring (bicyclic) bond motifs is 3. The number of nitrogens with zero attached hydrogens (tertiary/aromatic N) is 1. The normalized spacial score (nSPS) is 28.4. The lowest BCUT2D eigenvalue weighted by atomic mass is 9.60. The predicted molar refractivity (Wildman–Crippen MR) is 121 cm³/mol. The van der Waals surface area contributed by atoms with Crippen LogP contribution in [-0.4, -0.2) is 45.9 Å². The Hall–Kier alpha value is -2.29. The maximum atomic E-state index is 12.7. The summed E-state index contributed by atoms with van der Waals surface area (Å²) < 4.78 is 10.8. The van der Waals surface area contributed by atoms with E-state index < -0.39 is 17.2 Å². The molecule has 1 heterocycles. The molecule has 33 heavy (non-hydrogen) atoms. The third kappa shape index (κ3) is 4.56. The van der Waals surface area contributed by atoms with Crippen molar-refractivity contribution in [1.29, 1.82) is 0 Å². The standard InChI is InChI=1S/C23H25Cl2N3O5/c24-15-4-3-14(9-16(15)25)32-12-20(30)26-23-7-5-22(6-8-23,11-19(23)29)27-21(31)18-10-17(28-33-18)13-1-2-13/h3-4,9-10,13,19,29H,1-2,5-8,11-12H2,(H,26,30)(H,27,31)/t19-,22?,23?/m0/s1. The summed E-state index contributed by atoms with van der Waals surface area (Å²) >= 11 is 11.9. The predicted octanol–water partition coefficient (Wildman–Crippen LogP) is 3.60. The van der Waals surface area contributed by atoms with Gasteiger partial charge >= 0.3 is 0 Å². The van der Waals surface area contributed by atoms with Crippen LogP contribution in [-0.2, 0) is 4.79 Å². The molecule has 4 aliphatic carbocycles. The number of aliphatic hydroxyl groups is 1. The molecular weight excluding hydrogens is 469 g/mol. The summed E-state index contributed by atoms with van der Waals surface area (Å²) in [6, 6.07) is 6.49. The molecule has 1 aromatic carbocycles. The van der Waals surface area contributed by atoms with Crippen molar-refractivity contribution >= 4 is 35.0 Å². The molecule has 4 fully saturated rings. The van der Waals surface area contributed by atoms with E-state index in [9.17, 15) is 14.7 Å². The van der Waals surface area contributed by atoms with E-state index in [1.807, 2.05) is 0 Å². The second kappa shape index (κ2) is 8.49. The number of aliphatic hydroxyl groups excluding tert-OH is 1. The van der Waals surface area contributed by atoms with Crippen LogP contribution in [0.1, 0.15) is 67.1 Å². The van der Waals surface area contributed by atoms with Crippen molar-refractivity contribution in [1.82, 2.24) is 15.8 Å². The van der Waals surface area contributed by atoms with E-state index in [0.717, 1.165) is 18.5 Å². The topological polar surface area (TPSA) is 114 Å². The first kappa shape index (κ1) is 22.5. The van der Waals surface area contributed by atoms with Gasteiger partial charge in [0.1, 0.15) is 5.75 Å². The first-order valence-corrected chi connectivity index (χ1v) is 11.9. The molecule has 6 rings (SSSR count). The molecule has 4 saturated carbocycles. The smallest absolute Gasteiger partial charge is 0.290 e. The minimum Gasteiger partial charge on any atom is -0.484 e. The Morgan fingerprint density at radius 1 is 1.12 bits per heavy atom. The second-order valence-corrected chi connectivity index (χ2v) is 10.2. The number of rotatable bonds is 7. The molecule has 4 aliphatic rings. The minimum absolute atomic E-state index is 0.205. The molecular formula is C23H25Cl2N3O5. The number of amides is 2. The average Bonchev–Trinajstić information content (AvgIpc) is 3.52.